The van der Waals surface area contributed by atoms with Crippen LogP contribution >= 0.6 is 11.3 Å². The summed E-state index contributed by atoms with van der Waals surface area (Å²) in [6.45, 7) is 9.01. The van der Waals surface area contributed by atoms with E-state index in [2.05, 4.69) is 74.2 Å². The van der Waals surface area contributed by atoms with Crippen molar-refractivity contribution in [1.82, 2.24) is 0 Å². The van der Waals surface area contributed by atoms with Crippen LogP contribution in [0.4, 0.5) is 5.69 Å². The van der Waals surface area contributed by atoms with Crippen molar-refractivity contribution in [3.8, 4) is 0 Å². The minimum absolute atomic E-state index is 1.17. The van der Waals surface area contributed by atoms with Crippen molar-refractivity contribution in [2.24, 2.45) is 0 Å². The molecule has 1 heterocycles. The average Bonchev–Trinajstić information content (AvgIpc) is 2.99. The van der Waals surface area contributed by atoms with Crippen molar-refractivity contribution in [3.05, 3.63) is 51.7 Å². The van der Waals surface area contributed by atoms with Crippen LogP contribution in [0.2, 0.25) is 0 Å². The monoisotopic (exact) mass is 327 g/mol. The zero-order valence-electron chi connectivity index (χ0n) is 14.7. The Kier molecular flexibility index (Phi) is 7.41. The normalized spacial score (nSPS) is 11.3. The van der Waals surface area contributed by atoms with E-state index in [0.717, 1.165) is 0 Å². The molecule has 0 N–H and O–H groups in total. The van der Waals surface area contributed by atoms with Crippen LogP contribution in [0, 0.1) is 6.92 Å². The molecule has 0 amide bonds. The highest BCUT2D eigenvalue weighted by atomic mass is 32.1. The third kappa shape index (κ3) is 5.87. The van der Waals surface area contributed by atoms with E-state index in [1.165, 1.54) is 59.8 Å². The molecule has 1 aromatic heterocycles. The van der Waals surface area contributed by atoms with Crippen LogP contribution in [0.5, 0.6) is 0 Å². The topological polar surface area (TPSA) is 3.24 Å². The largest absolute Gasteiger partial charge is 0.372 e. The molecule has 0 aliphatic carbocycles. The van der Waals surface area contributed by atoms with E-state index >= 15 is 0 Å². The molecule has 0 radical (unpaired) electrons. The summed E-state index contributed by atoms with van der Waals surface area (Å²) >= 11 is 1.84. The number of unbranched alkanes of at least 4 members (excludes halogenated alkanes) is 2. The average molecular weight is 328 g/mol. The molecule has 2 aromatic rings. The molecule has 23 heavy (non-hydrogen) atoms. The number of rotatable bonds is 9. The molecule has 1 nitrogen and oxygen atoms in total. The standard InChI is InChI=1S/C21H29NS/c1-4-6-16-22(17-7-5-2)20-12-9-19(10-13-20)11-15-21-14-8-18(3)23-21/h8-15H,4-7,16-17H2,1-3H3/b15-11+. The number of hydrogen-bond donors (Lipinski definition) is 0. The van der Waals surface area contributed by atoms with Gasteiger partial charge in [-0.15, -0.1) is 11.3 Å². The summed E-state index contributed by atoms with van der Waals surface area (Å²) in [5.41, 5.74) is 2.63. The van der Waals surface area contributed by atoms with E-state index < -0.39 is 0 Å². The van der Waals surface area contributed by atoms with Crippen LogP contribution in [0.15, 0.2) is 36.4 Å². The second-order valence-corrected chi connectivity index (χ2v) is 7.39. The van der Waals surface area contributed by atoms with Gasteiger partial charge in [0.1, 0.15) is 0 Å². The molecule has 0 fully saturated rings. The number of nitrogens with zero attached hydrogens (tertiary/aromatic N) is 1. The predicted octanol–water partition coefficient (Wildman–Crippen LogP) is 6.63. The van der Waals surface area contributed by atoms with Gasteiger partial charge in [0.25, 0.3) is 0 Å². The number of benzene rings is 1. The van der Waals surface area contributed by atoms with Gasteiger partial charge in [-0.3, -0.25) is 0 Å². The highest BCUT2D eigenvalue weighted by molar-refractivity contribution is 7.12. The first kappa shape index (κ1) is 17.8. The van der Waals surface area contributed by atoms with Crippen LogP contribution in [0.1, 0.15) is 54.8 Å². The summed E-state index contributed by atoms with van der Waals surface area (Å²) in [4.78, 5) is 5.21. The summed E-state index contributed by atoms with van der Waals surface area (Å²) in [5.74, 6) is 0. The predicted molar refractivity (Wildman–Crippen MR) is 106 cm³/mol. The molecule has 124 valence electrons. The van der Waals surface area contributed by atoms with Gasteiger partial charge in [-0.05, 0) is 55.7 Å². The number of hydrogen-bond acceptors (Lipinski definition) is 2. The Labute approximate surface area is 145 Å². The SMILES string of the molecule is CCCCN(CCCC)c1ccc(/C=C/c2ccc(C)s2)cc1. The molecule has 0 unspecified atom stereocenters. The molecule has 2 rings (SSSR count). The van der Waals surface area contributed by atoms with E-state index in [1.54, 1.807) is 0 Å². The van der Waals surface area contributed by atoms with Crippen LogP contribution in [-0.4, -0.2) is 13.1 Å². The number of anilines is 1. The van der Waals surface area contributed by atoms with Crippen molar-refractivity contribution < 1.29 is 0 Å². The molecule has 2 heteroatoms. The molecule has 0 spiro atoms. The first-order chi connectivity index (χ1) is 11.2. The van der Waals surface area contributed by atoms with Crippen molar-refractivity contribution in [2.45, 2.75) is 46.5 Å². The van der Waals surface area contributed by atoms with E-state index in [4.69, 9.17) is 0 Å². The maximum absolute atomic E-state index is 2.53. The first-order valence-corrected chi connectivity index (χ1v) is 9.64. The van der Waals surface area contributed by atoms with Crippen LogP contribution in [0.3, 0.4) is 0 Å². The van der Waals surface area contributed by atoms with Gasteiger partial charge in [-0.2, -0.15) is 0 Å². The lowest BCUT2D eigenvalue weighted by atomic mass is 10.1. The minimum atomic E-state index is 1.17. The third-order valence-corrected chi connectivity index (χ3v) is 4.99. The Morgan fingerprint density at radius 2 is 1.52 bits per heavy atom. The Hall–Kier alpha value is -1.54. The molecule has 0 saturated carbocycles. The number of thiophene rings is 1. The minimum Gasteiger partial charge on any atom is -0.372 e. The van der Waals surface area contributed by atoms with Gasteiger partial charge < -0.3 is 4.90 Å². The van der Waals surface area contributed by atoms with E-state index in [1.807, 2.05) is 11.3 Å². The summed E-state index contributed by atoms with van der Waals surface area (Å²) in [5, 5.41) is 0. The van der Waals surface area contributed by atoms with E-state index in [0.29, 0.717) is 0 Å². The Balaban J connectivity index is 2.02. The summed E-state index contributed by atoms with van der Waals surface area (Å²) in [6, 6.07) is 13.4. The van der Waals surface area contributed by atoms with Gasteiger partial charge in [0.2, 0.25) is 0 Å². The Morgan fingerprint density at radius 1 is 0.870 bits per heavy atom. The molecule has 0 saturated heterocycles. The fraction of sp³-hybridized carbons (Fsp3) is 0.429. The van der Waals surface area contributed by atoms with Gasteiger partial charge in [0, 0.05) is 28.5 Å². The second kappa shape index (κ2) is 9.57. The Morgan fingerprint density at radius 3 is 2.04 bits per heavy atom. The zero-order valence-corrected chi connectivity index (χ0v) is 15.5. The summed E-state index contributed by atoms with van der Waals surface area (Å²) in [6.07, 6.45) is 9.45. The van der Waals surface area contributed by atoms with Crippen LogP contribution in [0.25, 0.3) is 12.2 Å². The molecule has 0 aliphatic rings. The van der Waals surface area contributed by atoms with Crippen LogP contribution < -0.4 is 4.90 Å². The smallest absolute Gasteiger partial charge is 0.0366 e. The van der Waals surface area contributed by atoms with Crippen molar-refractivity contribution in [1.29, 1.82) is 0 Å². The maximum atomic E-state index is 2.53. The highest BCUT2D eigenvalue weighted by Crippen LogP contribution is 2.20. The van der Waals surface area contributed by atoms with Gasteiger partial charge >= 0.3 is 0 Å². The lowest BCUT2D eigenvalue weighted by Crippen LogP contribution is -2.25. The molecular weight excluding hydrogens is 298 g/mol. The van der Waals surface area contributed by atoms with E-state index in [9.17, 15) is 0 Å². The lowest BCUT2D eigenvalue weighted by Gasteiger charge is -2.24. The van der Waals surface area contributed by atoms with Gasteiger partial charge in [0.05, 0.1) is 0 Å². The number of aryl methyl sites for hydroxylation is 1. The Bertz CT molecular complexity index is 587. The molecule has 1 aromatic carbocycles. The second-order valence-electron chi connectivity index (χ2n) is 6.07. The van der Waals surface area contributed by atoms with Gasteiger partial charge in [0.15, 0.2) is 0 Å². The fourth-order valence-corrected chi connectivity index (χ4v) is 3.37. The molecule has 0 bridgehead atoms. The van der Waals surface area contributed by atoms with Crippen LogP contribution in [-0.2, 0) is 0 Å². The van der Waals surface area contributed by atoms with Crippen molar-refractivity contribution >= 4 is 29.2 Å². The third-order valence-electron chi connectivity index (χ3n) is 4.02. The van der Waals surface area contributed by atoms with Crippen molar-refractivity contribution in [3.63, 3.8) is 0 Å². The van der Waals surface area contributed by atoms with E-state index in [-0.39, 0.29) is 0 Å². The lowest BCUT2D eigenvalue weighted by molar-refractivity contribution is 0.678. The molecular formula is C21H29NS. The summed E-state index contributed by atoms with van der Waals surface area (Å²) < 4.78 is 0. The summed E-state index contributed by atoms with van der Waals surface area (Å²) in [7, 11) is 0. The van der Waals surface area contributed by atoms with Gasteiger partial charge in [-0.25, -0.2) is 0 Å². The molecule has 0 atom stereocenters. The van der Waals surface area contributed by atoms with Gasteiger partial charge in [-0.1, -0.05) is 44.9 Å². The maximum Gasteiger partial charge on any atom is 0.0366 e. The molecule has 0 aliphatic heterocycles. The van der Waals surface area contributed by atoms with Crippen molar-refractivity contribution in [2.75, 3.05) is 18.0 Å². The first-order valence-electron chi connectivity index (χ1n) is 8.82. The fourth-order valence-electron chi connectivity index (χ4n) is 2.59. The quantitative estimate of drug-likeness (QED) is 0.499. The zero-order chi connectivity index (χ0) is 16.5. The highest BCUT2D eigenvalue weighted by Gasteiger charge is 2.05.